The van der Waals surface area contributed by atoms with Gasteiger partial charge in [-0.05, 0) is 51.8 Å². The Morgan fingerprint density at radius 3 is 2.70 bits per heavy atom. The largest absolute Gasteiger partial charge is 0.349 e. The molecule has 0 bridgehead atoms. The van der Waals surface area contributed by atoms with Gasteiger partial charge in [-0.2, -0.15) is 10.2 Å². The van der Waals surface area contributed by atoms with Crippen molar-refractivity contribution in [3.63, 3.8) is 0 Å². The van der Waals surface area contributed by atoms with Gasteiger partial charge in [0, 0.05) is 47.6 Å². The fourth-order valence-electron chi connectivity index (χ4n) is 5.14. The predicted molar refractivity (Wildman–Crippen MR) is 126 cm³/mol. The number of hydrogen-bond donors (Lipinski definition) is 1. The smallest absolute Gasteiger partial charge is 0.223 e. The molecule has 9 heteroatoms. The lowest BCUT2D eigenvalue weighted by atomic mass is 9.84. The molecule has 33 heavy (non-hydrogen) atoms. The van der Waals surface area contributed by atoms with Gasteiger partial charge < -0.3 is 5.32 Å². The molecule has 8 nitrogen and oxygen atoms in total. The number of rotatable bonds is 5. The Hall–Kier alpha value is -2.94. The Labute approximate surface area is 193 Å². The molecule has 1 atom stereocenters. The molecule has 1 fully saturated rings. The van der Waals surface area contributed by atoms with E-state index in [9.17, 15) is 13.2 Å². The third-order valence-corrected chi connectivity index (χ3v) is 8.71. The van der Waals surface area contributed by atoms with Crippen LogP contribution in [0.2, 0.25) is 0 Å². The van der Waals surface area contributed by atoms with Gasteiger partial charge in [-0.25, -0.2) is 13.1 Å². The Bertz CT molecular complexity index is 1300. The summed E-state index contributed by atoms with van der Waals surface area (Å²) in [6, 6.07) is 10.3. The molecule has 0 radical (unpaired) electrons. The van der Waals surface area contributed by atoms with Crippen molar-refractivity contribution in [3.05, 3.63) is 54.0 Å². The van der Waals surface area contributed by atoms with Gasteiger partial charge in [0.1, 0.15) is 0 Å². The van der Waals surface area contributed by atoms with Crippen molar-refractivity contribution in [2.75, 3.05) is 11.5 Å². The van der Waals surface area contributed by atoms with E-state index in [0.717, 1.165) is 35.5 Å². The maximum absolute atomic E-state index is 13.0. The van der Waals surface area contributed by atoms with Gasteiger partial charge >= 0.3 is 0 Å². The molecule has 1 aromatic carbocycles. The van der Waals surface area contributed by atoms with Crippen molar-refractivity contribution < 1.29 is 13.2 Å². The molecule has 0 saturated carbocycles. The van der Waals surface area contributed by atoms with Crippen molar-refractivity contribution >= 4 is 15.7 Å². The molecule has 3 aromatic rings. The van der Waals surface area contributed by atoms with Crippen molar-refractivity contribution in [2.24, 2.45) is 5.92 Å². The fourth-order valence-corrected chi connectivity index (χ4v) is 7.14. The van der Waals surface area contributed by atoms with Gasteiger partial charge in [0.15, 0.2) is 9.84 Å². The molecule has 5 rings (SSSR count). The summed E-state index contributed by atoms with van der Waals surface area (Å²) in [7, 11) is -3.01. The molecule has 2 aliphatic rings. The van der Waals surface area contributed by atoms with E-state index < -0.39 is 15.4 Å². The zero-order chi connectivity index (χ0) is 23.4. The molecule has 3 heterocycles. The number of hydrogen-bond acceptors (Lipinski definition) is 5. The summed E-state index contributed by atoms with van der Waals surface area (Å²) in [4.78, 5) is 13.0. The highest BCUT2D eigenvalue weighted by atomic mass is 32.2. The van der Waals surface area contributed by atoms with Crippen LogP contribution < -0.4 is 5.32 Å². The molecular weight excluding hydrogens is 438 g/mol. The monoisotopic (exact) mass is 467 g/mol. The van der Waals surface area contributed by atoms with Crippen LogP contribution in [-0.2, 0) is 27.5 Å². The average molecular weight is 468 g/mol. The lowest BCUT2D eigenvalue weighted by molar-refractivity contribution is -0.126. The van der Waals surface area contributed by atoms with Gasteiger partial charge in [0.25, 0.3) is 0 Å². The molecule has 1 N–H and O–H groups in total. The lowest BCUT2D eigenvalue weighted by Crippen LogP contribution is -2.64. The number of aromatic nitrogens is 4. The molecule has 0 spiro atoms. The lowest BCUT2D eigenvalue weighted by Gasteiger charge is -2.39. The topological polar surface area (TPSA) is 98.9 Å². The van der Waals surface area contributed by atoms with E-state index in [0.29, 0.717) is 6.42 Å². The number of carbonyl (C=O) groups excluding carboxylic acids is 1. The summed E-state index contributed by atoms with van der Waals surface area (Å²) in [5, 5.41) is 12.3. The van der Waals surface area contributed by atoms with Gasteiger partial charge in [-0.15, -0.1) is 0 Å². The number of sulfone groups is 1. The number of carbonyl (C=O) groups is 1. The summed E-state index contributed by atoms with van der Waals surface area (Å²) in [5.74, 6) is -0.207. The van der Waals surface area contributed by atoms with E-state index in [1.165, 1.54) is 5.56 Å². The molecule has 1 aliphatic heterocycles. The third-order valence-electron chi connectivity index (χ3n) is 6.55. The fraction of sp³-hybridized carbons (Fsp3) is 0.458. The quantitative estimate of drug-likeness (QED) is 0.622. The standard InChI is InChI=1S/C24H29N5O3S/c1-16(2)29-21-13-18(23(30)26-24(3)14-33(31,32)15-24)8-9-20(21)22(27-29)17-6-4-7-19(12-17)28-11-5-10-25-28/h4-7,10-12,16,18H,8-9,13-15H2,1-3H3,(H,26,30). The maximum atomic E-state index is 13.0. The van der Waals surface area contributed by atoms with Crippen LogP contribution in [0.1, 0.15) is 44.5 Å². The van der Waals surface area contributed by atoms with Crippen LogP contribution in [0, 0.1) is 5.92 Å². The summed E-state index contributed by atoms with van der Waals surface area (Å²) in [5.41, 5.74) is 4.62. The van der Waals surface area contributed by atoms with Crippen molar-refractivity contribution in [1.82, 2.24) is 24.9 Å². The first-order chi connectivity index (χ1) is 15.6. The number of nitrogens with one attached hydrogen (secondary N) is 1. The van der Waals surface area contributed by atoms with E-state index >= 15 is 0 Å². The van der Waals surface area contributed by atoms with Crippen LogP contribution in [0.15, 0.2) is 42.7 Å². The van der Waals surface area contributed by atoms with Gasteiger partial charge in [0.05, 0.1) is 28.4 Å². The highest BCUT2D eigenvalue weighted by Crippen LogP contribution is 2.36. The normalized spacial score (nSPS) is 20.8. The number of benzene rings is 1. The minimum Gasteiger partial charge on any atom is -0.349 e. The SMILES string of the molecule is CC(C)n1nc(-c2cccc(-n3cccn3)c2)c2c1CC(C(=O)NC1(C)CS(=O)(=O)C1)CC2. The maximum Gasteiger partial charge on any atom is 0.223 e. The second-order valence-corrected chi connectivity index (χ2v) is 11.9. The summed E-state index contributed by atoms with van der Waals surface area (Å²) in [6.45, 7) is 6.01. The zero-order valence-electron chi connectivity index (χ0n) is 19.2. The predicted octanol–water partition coefficient (Wildman–Crippen LogP) is 2.72. The highest BCUT2D eigenvalue weighted by molar-refractivity contribution is 7.93. The molecule has 1 amide bonds. The van der Waals surface area contributed by atoms with Crippen LogP contribution in [-0.4, -0.2) is 50.9 Å². The number of amides is 1. The minimum absolute atomic E-state index is 0.0182. The van der Waals surface area contributed by atoms with E-state index in [2.05, 4.69) is 36.4 Å². The van der Waals surface area contributed by atoms with Crippen LogP contribution in [0.5, 0.6) is 0 Å². The van der Waals surface area contributed by atoms with Gasteiger partial charge in [-0.1, -0.05) is 12.1 Å². The first kappa shape index (κ1) is 21.9. The molecular formula is C24H29N5O3S. The number of fused-ring (bicyclic) bond motifs is 1. The van der Waals surface area contributed by atoms with Crippen molar-refractivity contribution in [1.29, 1.82) is 0 Å². The van der Waals surface area contributed by atoms with E-state index in [-0.39, 0.29) is 29.4 Å². The Balaban J connectivity index is 1.43. The Morgan fingerprint density at radius 1 is 1.24 bits per heavy atom. The van der Waals surface area contributed by atoms with E-state index in [1.807, 2.05) is 40.7 Å². The summed E-state index contributed by atoms with van der Waals surface area (Å²) >= 11 is 0. The van der Waals surface area contributed by atoms with Crippen LogP contribution in [0.3, 0.4) is 0 Å². The van der Waals surface area contributed by atoms with Crippen molar-refractivity contribution in [3.8, 4) is 16.9 Å². The number of nitrogens with zero attached hydrogens (tertiary/aromatic N) is 4. The third kappa shape index (κ3) is 4.10. The second kappa shape index (κ2) is 7.83. The first-order valence-corrected chi connectivity index (χ1v) is 13.2. The molecule has 1 saturated heterocycles. The average Bonchev–Trinajstić information content (AvgIpc) is 3.40. The molecule has 174 valence electrons. The Kier molecular flexibility index (Phi) is 5.19. The van der Waals surface area contributed by atoms with Crippen LogP contribution >= 0.6 is 0 Å². The highest BCUT2D eigenvalue weighted by Gasteiger charge is 2.46. The van der Waals surface area contributed by atoms with Crippen LogP contribution in [0.4, 0.5) is 0 Å². The molecule has 1 unspecified atom stereocenters. The Morgan fingerprint density at radius 2 is 2.03 bits per heavy atom. The van der Waals surface area contributed by atoms with E-state index in [4.69, 9.17) is 5.10 Å². The first-order valence-electron chi connectivity index (χ1n) is 11.4. The van der Waals surface area contributed by atoms with E-state index in [1.54, 1.807) is 6.20 Å². The van der Waals surface area contributed by atoms with Gasteiger partial charge in [0.2, 0.25) is 5.91 Å². The summed E-state index contributed by atoms with van der Waals surface area (Å²) in [6.07, 6.45) is 5.76. The van der Waals surface area contributed by atoms with Crippen LogP contribution in [0.25, 0.3) is 16.9 Å². The molecule has 2 aromatic heterocycles. The molecule has 1 aliphatic carbocycles. The van der Waals surface area contributed by atoms with Crippen molar-refractivity contribution in [2.45, 2.75) is 51.6 Å². The second-order valence-electron chi connectivity index (χ2n) is 9.84. The zero-order valence-corrected chi connectivity index (χ0v) is 20.0. The minimum atomic E-state index is -3.01. The van der Waals surface area contributed by atoms with Gasteiger partial charge in [-0.3, -0.25) is 9.48 Å². The summed E-state index contributed by atoms with van der Waals surface area (Å²) < 4.78 is 27.1.